The zero-order valence-electron chi connectivity index (χ0n) is 20.8. The Labute approximate surface area is 204 Å². The van der Waals surface area contributed by atoms with Crippen LogP contribution in [0.3, 0.4) is 0 Å². The van der Waals surface area contributed by atoms with Crippen molar-refractivity contribution >= 4 is 12.0 Å². The summed E-state index contributed by atoms with van der Waals surface area (Å²) in [6.45, 7) is 9.50. The number of allylic oxidation sites excluding steroid dienone is 1. The average molecular weight is 453 g/mol. The smallest absolute Gasteiger partial charge is 0.335 e. The van der Waals surface area contributed by atoms with Crippen LogP contribution in [-0.4, -0.2) is 11.1 Å². The van der Waals surface area contributed by atoms with Gasteiger partial charge in [-0.25, -0.2) is 4.79 Å². The maximum absolute atomic E-state index is 11.2. The van der Waals surface area contributed by atoms with Gasteiger partial charge in [-0.05, 0) is 76.5 Å². The van der Waals surface area contributed by atoms with Crippen molar-refractivity contribution in [2.75, 3.05) is 0 Å². The molecule has 4 rings (SSSR count). The number of aryl methyl sites for hydroxylation is 1. The summed E-state index contributed by atoms with van der Waals surface area (Å²) < 4.78 is 0. The Morgan fingerprint density at radius 2 is 1.53 bits per heavy atom. The molecule has 0 heterocycles. The van der Waals surface area contributed by atoms with E-state index in [1.54, 1.807) is 12.1 Å². The highest BCUT2D eigenvalue weighted by Gasteiger charge is 2.37. The van der Waals surface area contributed by atoms with Crippen LogP contribution in [0.15, 0.2) is 78.9 Å². The van der Waals surface area contributed by atoms with Crippen LogP contribution in [0.2, 0.25) is 0 Å². The quantitative estimate of drug-likeness (QED) is 0.392. The highest BCUT2D eigenvalue weighted by atomic mass is 16.4. The van der Waals surface area contributed by atoms with Crippen molar-refractivity contribution in [3.05, 3.63) is 112 Å². The molecule has 1 atom stereocenters. The third kappa shape index (κ3) is 5.33. The third-order valence-electron chi connectivity index (χ3n) is 7.57. The van der Waals surface area contributed by atoms with Gasteiger partial charge in [-0.15, -0.1) is 0 Å². The minimum absolute atomic E-state index is 0.182. The van der Waals surface area contributed by atoms with Crippen molar-refractivity contribution in [3.63, 3.8) is 0 Å². The molecule has 1 aliphatic rings. The van der Waals surface area contributed by atoms with E-state index in [2.05, 4.69) is 88.4 Å². The molecule has 176 valence electrons. The molecule has 3 aromatic carbocycles. The maximum atomic E-state index is 11.2. The Kier molecular flexibility index (Phi) is 6.79. The Hall–Kier alpha value is -3.13. The molecule has 0 radical (unpaired) electrons. The van der Waals surface area contributed by atoms with E-state index in [0.717, 1.165) is 18.4 Å². The molecule has 1 unspecified atom stereocenters. The SMILES string of the molecule is CC1(C)CCC(C)(C)c2cc(C(/C=C/c3ccc(C(=O)O)cc3)CCc3ccccc3)ccc21. The van der Waals surface area contributed by atoms with E-state index in [-0.39, 0.29) is 16.7 Å². The van der Waals surface area contributed by atoms with Gasteiger partial charge in [-0.2, -0.15) is 0 Å². The van der Waals surface area contributed by atoms with E-state index in [4.69, 9.17) is 0 Å². The van der Waals surface area contributed by atoms with Crippen molar-refractivity contribution in [1.29, 1.82) is 0 Å². The summed E-state index contributed by atoms with van der Waals surface area (Å²) in [4.78, 5) is 11.2. The largest absolute Gasteiger partial charge is 0.478 e. The number of hydrogen-bond acceptors (Lipinski definition) is 1. The van der Waals surface area contributed by atoms with Crippen molar-refractivity contribution < 1.29 is 9.90 Å². The molecule has 0 aliphatic heterocycles. The zero-order valence-corrected chi connectivity index (χ0v) is 20.8. The molecule has 3 aromatic rings. The molecule has 0 saturated carbocycles. The molecule has 0 bridgehead atoms. The van der Waals surface area contributed by atoms with Gasteiger partial charge in [0.05, 0.1) is 5.56 Å². The Morgan fingerprint density at radius 1 is 0.882 bits per heavy atom. The van der Waals surface area contributed by atoms with Crippen molar-refractivity contribution in [1.82, 2.24) is 0 Å². The molecule has 0 amide bonds. The molecule has 0 saturated heterocycles. The van der Waals surface area contributed by atoms with Gasteiger partial charge < -0.3 is 5.11 Å². The van der Waals surface area contributed by atoms with Crippen LogP contribution in [0, 0.1) is 0 Å². The average Bonchev–Trinajstić information content (AvgIpc) is 2.83. The van der Waals surface area contributed by atoms with E-state index >= 15 is 0 Å². The molecule has 1 N–H and O–H groups in total. The maximum Gasteiger partial charge on any atom is 0.335 e. The van der Waals surface area contributed by atoms with Gasteiger partial charge in [-0.1, -0.05) is 101 Å². The second kappa shape index (κ2) is 9.62. The third-order valence-corrected chi connectivity index (χ3v) is 7.57. The fourth-order valence-electron chi connectivity index (χ4n) is 5.14. The van der Waals surface area contributed by atoms with Gasteiger partial charge >= 0.3 is 5.97 Å². The van der Waals surface area contributed by atoms with Crippen molar-refractivity contribution in [2.45, 2.75) is 70.1 Å². The summed E-state index contributed by atoms with van der Waals surface area (Å²) in [6, 6.07) is 24.9. The Balaban J connectivity index is 1.67. The standard InChI is InChI=1S/C32H36O2/c1-31(2)20-21-32(3,4)29-22-27(18-19-28(29)31)25(14-10-23-8-6-5-7-9-23)15-11-24-12-16-26(17-13-24)30(33)34/h5-9,11-13,15-19,22,25H,10,14,20-21H2,1-4H3,(H,33,34)/b15-11+. The van der Waals surface area contributed by atoms with Gasteiger partial charge in [0.2, 0.25) is 0 Å². The Morgan fingerprint density at radius 3 is 2.18 bits per heavy atom. The number of carbonyl (C=O) groups is 1. The van der Waals surface area contributed by atoms with Crippen molar-refractivity contribution in [3.8, 4) is 0 Å². The summed E-state index contributed by atoms with van der Waals surface area (Å²) >= 11 is 0. The first-order valence-corrected chi connectivity index (χ1v) is 12.4. The van der Waals surface area contributed by atoms with Gasteiger partial charge in [0.1, 0.15) is 0 Å². The first-order valence-electron chi connectivity index (χ1n) is 12.4. The molecule has 2 nitrogen and oxygen atoms in total. The molecule has 0 spiro atoms. The minimum Gasteiger partial charge on any atom is -0.478 e. The van der Waals surface area contributed by atoms with E-state index in [1.165, 1.54) is 35.1 Å². The van der Waals surface area contributed by atoms with E-state index in [1.807, 2.05) is 12.1 Å². The summed E-state index contributed by atoms with van der Waals surface area (Å²) in [5.41, 5.74) is 7.43. The summed E-state index contributed by atoms with van der Waals surface area (Å²) in [7, 11) is 0. The van der Waals surface area contributed by atoms with Crippen molar-refractivity contribution in [2.24, 2.45) is 0 Å². The monoisotopic (exact) mass is 452 g/mol. The van der Waals surface area contributed by atoms with Gasteiger partial charge in [0, 0.05) is 5.92 Å². The highest BCUT2D eigenvalue weighted by Crippen LogP contribution is 2.46. The molecular formula is C32H36O2. The molecule has 34 heavy (non-hydrogen) atoms. The first kappa shape index (κ1) is 24.0. The van der Waals surface area contributed by atoms with Crippen LogP contribution in [-0.2, 0) is 17.3 Å². The fourth-order valence-corrected chi connectivity index (χ4v) is 5.14. The van der Waals surface area contributed by atoms with Crippen LogP contribution < -0.4 is 0 Å². The lowest BCUT2D eigenvalue weighted by atomic mass is 9.62. The number of benzene rings is 3. The molecule has 1 aliphatic carbocycles. The lowest BCUT2D eigenvalue weighted by Gasteiger charge is -2.42. The van der Waals surface area contributed by atoms with Crippen LogP contribution in [0.4, 0.5) is 0 Å². The van der Waals surface area contributed by atoms with Crippen LogP contribution in [0.25, 0.3) is 6.08 Å². The second-order valence-corrected chi connectivity index (χ2v) is 11.0. The summed E-state index contributed by atoms with van der Waals surface area (Å²) in [5.74, 6) is -0.610. The zero-order chi connectivity index (χ0) is 24.3. The molecule has 2 heteroatoms. The van der Waals surface area contributed by atoms with Gasteiger partial charge in [0.25, 0.3) is 0 Å². The predicted octanol–water partition coefficient (Wildman–Crippen LogP) is 8.16. The fraction of sp³-hybridized carbons (Fsp3) is 0.344. The summed E-state index contributed by atoms with van der Waals surface area (Å²) in [6.07, 6.45) is 8.89. The van der Waals surface area contributed by atoms with Gasteiger partial charge in [0.15, 0.2) is 0 Å². The highest BCUT2D eigenvalue weighted by molar-refractivity contribution is 5.87. The van der Waals surface area contributed by atoms with Crippen LogP contribution >= 0.6 is 0 Å². The predicted molar refractivity (Wildman–Crippen MR) is 142 cm³/mol. The normalized spacial score (nSPS) is 17.3. The number of aromatic carboxylic acids is 1. The van der Waals surface area contributed by atoms with Crippen LogP contribution in [0.1, 0.15) is 91.1 Å². The number of carboxylic acid groups (broad SMARTS) is 1. The van der Waals surface area contributed by atoms with Crippen LogP contribution in [0.5, 0.6) is 0 Å². The van der Waals surface area contributed by atoms with E-state index < -0.39 is 5.97 Å². The molecular weight excluding hydrogens is 416 g/mol. The summed E-state index contributed by atoms with van der Waals surface area (Å²) in [5, 5.41) is 9.18. The number of fused-ring (bicyclic) bond motifs is 1. The van der Waals surface area contributed by atoms with E-state index in [9.17, 15) is 9.90 Å². The number of carboxylic acids is 1. The number of hydrogen-bond donors (Lipinski definition) is 1. The minimum atomic E-state index is -0.893. The second-order valence-electron chi connectivity index (χ2n) is 11.0. The molecule has 0 aromatic heterocycles. The first-order chi connectivity index (χ1) is 16.2. The topological polar surface area (TPSA) is 37.3 Å². The Bertz CT molecular complexity index is 1170. The lowest BCUT2D eigenvalue weighted by molar-refractivity contribution is 0.0697. The lowest BCUT2D eigenvalue weighted by Crippen LogP contribution is -2.34. The van der Waals surface area contributed by atoms with E-state index in [0.29, 0.717) is 5.56 Å². The number of rotatable bonds is 7. The molecule has 0 fully saturated rings. The van der Waals surface area contributed by atoms with Gasteiger partial charge in [-0.3, -0.25) is 0 Å².